The highest BCUT2D eigenvalue weighted by atomic mass is 79.9. The van der Waals surface area contributed by atoms with Crippen LogP contribution >= 0.6 is 15.9 Å². The van der Waals surface area contributed by atoms with Crippen molar-refractivity contribution in [2.45, 2.75) is 47.6 Å². The molecule has 0 aliphatic carbocycles. The third-order valence-electron chi connectivity index (χ3n) is 12.6. The number of benzene rings is 4. The molecule has 2 aliphatic rings. The molecule has 2 saturated heterocycles. The normalized spacial score (nSPS) is 15.9. The molecule has 5 aromatic heterocycles. The van der Waals surface area contributed by atoms with Gasteiger partial charge in [0.25, 0.3) is 31.9 Å². The van der Waals surface area contributed by atoms with Gasteiger partial charge < -0.3 is 20.4 Å². The van der Waals surface area contributed by atoms with Crippen molar-refractivity contribution < 1.29 is 34.7 Å². The summed E-state index contributed by atoms with van der Waals surface area (Å²) in [5, 5.41) is 9.20. The molecule has 0 saturated carbocycles. The van der Waals surface area contributed by atoms with Crippen LogP contribution in [0.15, 0.2) is 173 Å². The minimum Gasteiger partial charge on any atom is -0.356 e. The SMILES string of the molecule is O=C(NC1CCN(c2ncnc3c2c(Br)cn3S(=O)(=O)c2ccccc2)CC1)c1ccccc1.[2H]c1c([2H])c([2H])c(C(=O)N([2H])C2CCN(c3ncnc4c3c(-c3cnn(C)c3)cn4S(=O)(=O)c3ccccc3)CC2)c([2H])c1[2H]. The van der Waals surface area contributed by atoms with E-state index in [4.69, 9.17) is 8.27 Å². The van der Waals surface area contributed by atoms with Crippen molar-refractivity contribution in [3.05, 3.63) is 174 Å². The summed E-state index contributed by atoms with van der Waals surface area (Å²) in [7, 11) is -6.08. The van der Waals surface area contributed by atoms with Crippen molar-refractivity contribution in [2.75, 3.05) is 36.0 Å². The number of fused-ring (bicyclic) bond motifs is 2. The third-order valence-corrected chi connectivity index (χ3v) is 16.5. The lowest BCUT2D eigenvalue weighted by atomic mass is 10.0. The van der Waals surface area contributed by atoms with Gasteiger partial charge in [-0.1, -0.05) is 72.7 Å². The lowest BCUT2D eigenvalue weighted by molar-refractivity contribution is 0.0922. The molecule has 11 rings (SSSR count). The summed E-state index contributed by atoms with van der Waals surface area (Å²) in [6.07, 6.45) is 11.2. The van der Waals surface area contributed by atoms with Crippen LogP contribution in [0.4, 0.5) is 11.6 Å². The van der Waals surface area contributed by atoms with Crippen LogP contribution in [0.2, 0.25) is 1.41 Å². The average molecular weight is 1090 g/mol. The molecule has 0 unspecified atom stereocenters. The molecular weight excluding hydrogens is 1030 g/mol. The third kappa shape index (κ3) is 10.1. The van der Waals surface area contributed by atoms with Gasteiger partial charge in [0.1, 0.15) is 24.3 Å². The fourth-order valence-corrected chi connectivity index (χ4v) is 12.3. The number of carbonyl (C=O) groups is 2. The average Bonchev–Trinajstić information content (AvgIpc) is 4.35. The van der Waals surface area contributed by atoms with Gasteiger partial charge in [-0.2, -0.15) is 5.10 Å². The highest BCUT2D eigenvalue weighted by molar-refractivity contribution is 9.10. The number of anilines is 2. The molecule has 0 bridgehead atoms. The fourth-order valence-electron chi connectivity index (χ4n) is 8.92. The van der Waals surface area contributed by atoms with Crippen LogP contribution in [0, 0.1) is 0 Å². The zero-order chi connectivity index (χ0) is 55.9. The van der Waals surface area contributed by atoms with Gasteiger partial charge in [0.2, 0.25) is 0 Å². The predicted octanol–water partition coefficient (Wildman–Crippen LogP) is 7.30. The number of halogens is 1. The van der Waals surface area contributed by atoms with Crippen LogP contribution in [0.25, 0.3) is 33.2 Å². The lowest BCUT2D eigenvalue weighted by Gasteiger charge is -2.33. The number of nitrogens with zero attached hydrogens (tertiary/aromatic N) is 10. The zero-order valence-corrected chi connectivity index (χ0v) is 42.2. The largest absolute Gasteiger partial charge is 0.356 e. The molecule has 372 valence electrons. The Morgan fingerprint density at radius 2 is 1.14 bits per heavy atom. The van der Waals surface area contributed by atoms with Crippen molar-refractivity contribution in [2.24, 2.45) is 7.05 Å². The molecule has 2 fully saturated rings. The van der Waals surface area contributed by atoms with Crippen LogP contribution in [0.5, 0.6) is 0 Å². The number of hydrogen-bond acceptors (Lipinski definition) is 13. The minimum absolute atomic E-state index is 0.0628. The molecule has 73 heavy (non-hydrogen) atoms. The molecule has 18 nitrogen and oxygen atoms in total. The second-order valence-electron chi connectivity index (χ2n) is 17.2. The number of hydrogen-bond donors (Lipinski definition) is 2. The number of aryl methyl sites for hydroxylation is 1. The van der Waals surface area contributed by atoms with Crippen molar-refractivity contribution in [3.63, 3.8) is 0 Å². The maximum absolute atomic E-state index is 13.7. The molecule has 2 N–H and O–H groups in total. The number of carbonyl (C=O) groups excluding carboxylic acids is 2. The van der Waals surface area contributed by atoms with E-state index in [1.807, 2.05) is 23.1 Å². The Balaban J connectivity index is 0.000000185. The monoisotopic (exact) mass is 1090 g/mol. The maximum atomic E-state index is 13.7. The molecule has 2 aliphatic heterocycles. The fraction of sp³-hybridized carbons (Fsp3) is 0.212. The predicted molar refractivity (Wildman–Crippen MR) is 281 cm³/mol. The highest BCUT2D eigenvalue weighted by Gasteiger charge is 2.31. The first-order valence-electron chi connectivity index (χ1n) is 26.0. The molecular formula is C52H49BrN12O6S2. The molecule has 9 aromatic rings. The summed E-state index contributed by atoms with van der Waals surface area (Å²) in [6.45, 7) is 2.02. The van der Waals surface area contributed by atoms with Crippen LogP contribution in [-0.4, -0.2) is 105 Å². The number of piperidine rings is 2. The summed E-state index contributed by atoms with van der Waals surface area (Å²) >= 11 is 3.52. The van der Waals surface area contributed by atoms with E-state index in [9.17, 15) is 26.4 Å². The van der Waals surface area contributed by atoms with Crippen LogP contribution in [-0.2, 0) is 27.1 Å². The Morgan fingerprint density at radius 3 is 1.68 bits per heavy atom. The topological polar surface area (TPSA) is 212 Å². The van der Waals surface area contributed by atoms with Gasteiger partial charge in [-0.15, -0.1) is 0 Å². The van der Waals surface area contributed by atoms with Gasteiger partial charge in [-0.25, -0.2) is 44.7 Å². The van der Waals surface area contributed by atoms with Gasteiger partial charge in [-0.05, 0) is 90.1 Å². The van der Waals surface area contributed by atoms with Crippen LogP contribution in [0.3, 0.4) is 0 Å². The number of rotatable bonds is 11. The maximum Gasteiger partial charge on any atom is 0.269 e. The zero-order valence-electron chi connectivity index (χ0n) is 45.0. The minimum atomic E-state index is -4.02. The summed E-state index contributed by atoms with van der Waals surface area (Å²) in [4.78, 5) is 47.7. The number of aromatic nitrogens is 8. The first kappa shape index (κ1) is 41.8. The molecule has 0 atom stereocenters. The number of amides is 2. The van der Waals surface area contributed by atoms with Crippen LogP contribution in [0.1, 0.15) is 53.3 Å². The second kappa shape index (κ2) is 20.8. The molecule has 2 amide bonds. The van der Waals surface area contributed by atoms with Crippen molar-refractivity contribution in [3.8, 4) is 11.1 Å². The van der Waals surface area contributed by atoms with E-state index >= 15 is 0 Å². The van der Waals surface area contributed by atoms with E-state index in [1.165, 1.54) is 41.2 Å². The van der Waals surface area contributed by atoms with E-state index < -0.39 is 67.8 Å². The van der Waals surface area contributed by atoms with Crippen molar-refractivity contribution in [1.82, 2.24) is 48.3 Å². The van der Waals surface area contributed by atoms with E-state index in [0.29, 0.717) is 93.5 Å². The molecule has 21 heteroatoms. The van der Waals surface area contributed by atoms with Gasteiger partial charge in [0.05, 0.1) is 33.6 Å². The Bertz CT molecular complexity index is 3980. The summed E-state index contributed by atoms with van der Waals surface area (Å²) < 4.78 is 107. The number of nitrogens with one attached hydrogen (secondary N) is 2. The molecule has 0 radical (unpaired) electrons. The van der Waals surface area contributed by atoms with Crippen molar-refractivity contribution >= 4 is 81.5 Å². The summed E-state index contributed by atoms with van der Waals surface area (Å²) in [6, 6.07) is 21.7. The molecule has 7 heterocycles. The lowest BCUT2D eigenvalue weighted by Crippen LogP contribution is -2.45. The van der Waals surface area contributed by atoms with E-state index in [1.54, 1.807) is 84.8 Å². The highest BCUT2D eigenvalue weighted by Crippen LogP contribution is 2.38. The van der Waals surface area contributed by atoms with Gasteiger partial charge in [0.15, 0.2) is 12.7 Å². The Kier molecular flexibility index (Phi) is 11.9. The van der Waals surface area contributed by atoms with E-state index in [0.717, 1.165) is 16.8 Å². The Morgan fingerprint density at radius 1 is 0.630 bits per heavy atom. The second-order valence-corrected chi connectivity index (χ2v) is 21.7. The summed E-state index contributed by atoms with van der Waals surface area (Å²) in [5.41, 5.74) is 1.83. The standard InChI is InChI=1S/C28H27N7O3S.C24H22BrN5O3S/c1-33-17-21(16-31-33)24-18-35(39(37,38)23-10-6-3-7-11-23)27-25(24)26(29-19-30-27)34-14-12-22(13-15-34)32-28(36)20-8-4-2-5-9-20;25-20-15-30(34(32,33)19-9-5-2-6-10-19)23-21(20)22(26-16-27-23)29-13-11-18(12-14-29)28-24(31)17-7-3-1-4-8-17/h2-11,16-19,22H,12-15H2,1H3,(H,32,36);1-10,15-16,18H,11-14H2,(H,28,31)/i2D,4D,5D,8D,9D;/hD. The first-order valence-corrected chi connectivity index (χ1v) is 26.8. The van der Waals surface area contributed by atoms with Crippen LogP contribution < -0.4 is 20.4 Å². The molecule has 4 aromatic carbocycles. The van der Waals surface area contributed by atoms with Gasteiger partial charge in [0, 0.05) is 90.6 Å². The van der Waals surface area contributed by atoms with Gasteiger partial charge in [-0.3, -0.25) is 14.3 Å². The van der Waals surface area contributed by atoms with Crippen molar-refractivity contribution in [1.29, 1.82) is 0 Å². The van der Waals surface area contributed by atoms with E-state index in [2.05, 4.69) is 51.2 Å². The van der Waals surface area contributed by atoms with E-state index in [-0.39, 0.29) is 27.4 Å². The summed E-state index contributed by atoms with van der Waals surface area (Å²) in [5.74, 6) is 0.103. The first-order chi connectivity index (χ1) is 37.9. The molecule has 0 spiro atoms. The smallest absolute Gasteiger partial charge is 0.269 e. The Hall–Kier alpha value is -7.75. The van der Waals surface area contributed by atoms with Gasteiger partial charge >= 0.3 is 0 Å². The Labute approximate surface area is 438 Å². The quantitative estimate of drug-likeness (QED) is 0.130.